The lowest BCUT2D eigenvalue weighted by Gasteiger charge is -2.41. The summed E-state index contributed by atoms with van der Waals surface area (Å²) in [6.45, 7) is 0. The second-order valence-electron chi connectivity index (χ2n) is 15.1. The minimum atomic E-state index is 0.283. The van der Waals surface area contributed by atoms with E-state index in [4.69, 9.17) is 4.99 Å². The van der Waals surface area contributed by atoms with Gasteiger partial charge in [0, 0.05) is 29.1 Å². The van der Waals surface area contributed by atoms with Gasteiger partial charge in [0.05, 0.1) is 18.1 Å². The van der Waals surface area contributed by atoms with E-state index in [1.54, 1.807) is 0 Å². The molecule has 43 heavy (non-hydrogen) atoms. The van der Waals surface area contributed by atoms with Crippen molar-refractivity contribution in [1.82, 2.24) is 10.2 Å². The number of hydrogen-bond acceptors (Lipinski definition) is 3. The topological polar surface area (TPSA) is 27.6 Å². The molecule has 0 spiro atoms. The van der Waals surface area contributed by atoms with Crippen LogP contribution in [0.2, 0.25) is 0 Å². The van der Waals surface area contributed by atoms with Crippen molar-refractivity contribution in [3.05, 3.63) is 94.9 Å². The molecule has 1 N–H and O–H groups in total. The number of dihydropyridines is 1. The molecule has 3 fully saturated rings. The first-order valence-electron chi connectivity index (χ1n) is 18.0. The van der Waals surface area contributed by atoms with Crippen molar-refractivity contribution in [2.24, 2.45) is 34.6 Å². The van der Waals surface area contributed by atoms with Crippen molar-refractivity contribution in [2.75, 3.05) is 0 Å². The summed E-state index contributed by atoms with van der Waals surface area (Å²) in [5, 5.41) is 3.93. The molecular formula is C40H49N3. The molecule has 0 aromatic heterocycles. The number of rotatable bonds is 3. The van der Waals surface area contributed by atoms with Crippen molar-refractivity contribution in [3.8, 4) is 0 Å². The summed E-state index contributed by atoms with van der Waals surface area (Å²) in [4.78, 5) is 8.53. The first kappa shape index (κ1) is 26.6. The van der Waals surface area contributed by atoms with Crippen LogP contribution < -0.4 is 5.32 Å². The number of likely N-dealkylation sites (tertiary alicyclic amines) is 1. The maximum atomic E-state index is 5.54. The summed E-state index contributed by atoms with van der Waals surface area (Å²) < 4.78 is 0. The highest BCUT2D eigenvalue weighted by molar-refractivity contribution is 5.90. The van der Waals surface area contributed by atoms with Crippen LogP contribution in [0.5, 0.6) is 0 Å². The normalized spacial score (nSPS) is 41.1. The van der Waals surface area contributed by atoms with Gasteiger partial charge in [-0.1, -0.05) is 79.5 Å². The van der Waals surface area contributed by atoms with Gasteiger partial charge in [-0.3, -0.25) is 4.99 Å². The van der Waals surface area contributed by atoms with Crippen LogP contribution in [0.4, 0.5) is 0 Å². The van der Waals surface area contributed by atoms with Crippen LogP contribution >= 0.6 is 0 Å². The molecule has 3 heteroatoms. The Hall–Kier alpha value is -2.81. The smallest absolute Gasteiger partial charge is 0.0701 e. The zero-order valence-electron chi connectivity index (χ0n) is 25.8. The predicted octanol–water partition coefficient (Wildman–Crippen LogP) is 8.67. The fraction of sp³-hybridized carbons (Fsp3) is 0.575. The molecule has 1 saturated heterocycles. The summed E-state index contributed by atoms with van der Waals surface area (Å²) in [5.74, 6) is 3.66. The van der Waals surface area contributed by atoms with E-state index in [1.807, 2.05) is 5.57 Å². The van der Waals surface area contributed by atoms with Crippen molar-refractivity contribution in [2.45, 2.75) is 114 Å². The molecule has 0 amide bonds. The minimum Gasteiger partial charge on any atom is -0.374 e. The van der Waals surface area contributed by atoms with Crippen molar-refractivity contribution in [1.29, 1.82) is 0 Å². The van der Waals surface area contributed by atoms with Gasteiger partial charge in [0.15, 0.2) is 0 Å². The zero-order chi connectivity index (χ0) is 28.3. The van der Waals surface area contributed by atoms with Gasteiger partial charge in [-0.2, -0.15) is 0 Å². The van der Waals surface area contributed by atoms with Crippen molar-refractivity contribution < 1.29 is 0 Å². The fourth-order valence-electron chi connectivity index (χ4n) is 10.7. The SMILES string of the molecule is C1=CC2=CC=C(C3=CC(N4C5C=C6CCCCC6CC5C5CCCCC54)=CC(C4=NC5CCC=CC5CC4)C3)NC2C=C1. The third-order valence-corrected chi connectivity index (χ3v) is 12.8. The molecule has 9 atom stereocenters. The van der Waals surface area contributed by atoms with Crippen LogP contribution in [0.25, 0.3) is 0 Å². The molecule has 0 aromatic rings. The van der Waals surface area contributed by atoms with Gasteiger partial charge in [-0.15, -0.1) is 0 Å². The van der Waals surface area contributed by atoms with Gasteiger partial charge < -0.3 is 10.2 Å². The first-order chi connectivity index (χ1) is 21.3. The monoisotopic (exact) mass is 571 g/mol. The number of fused-ring (bicyclic) bond motifs is 6. The molecule has 224 valence electrons. The third kappa shape index (κ3) is 4.72. The van der Waals surface area contributed by atoms with Crippen LogP contribution in [-0.2, 0) is 0 Å². The molecule has 3 heterocycles. The Balaban J connectivity index is 1.12. The van der Waals surface area contributed by atoms with Gasteiger partial charge in [-0.25, -0.2) is 0 Å². The van der Waals surface area contributed by atoms with E-state index >= 15 is 0 Å². The lowest BCUT2D eigenvalue weighted by Crippen LogP contribution is -2.40. The van der Waals surface area contributed by atoms with E-state index in [-0.39, 0.29) is 6.04 Å². The van der Waals surface area contributed by atoms with Gasteiger partial charge in [-0.05, 0) is 118 Å². The van der Waals surface area contributed by atoms with E-state index in [0.717, 1.165) is 30.6 Å². The lowest BCUT2D eigenvalue weighted by molar-refractivity contribution is 0.205. The summed E-state index contributed by atoms with van der Waals surface area (Å²) >= 11 is 0. The average Bonchev–Trinajstić information content (AvgIpc) is 3.39. The highest BCUT2D eigenvalue weighted by Gasteiger charge is 2.51. The van der Waals surface area contributed by atoms with Crippen LogP contribution in [-0.4, -0.2) is 34.8 Å². The molecule has 2 saturated carbocycles. The molecule has 9 unspecified atom stereocenters. The molecule has 9 aliphatic rings. The third-order valence-electron chi connectivity index (χ3n) is 12.8. The van der Waals surface area contributed by atoms with Crippen LogP contribution in [0.1, 0.15) is 89.9 Å². The number of hydrogen-bond donors (Lipinski definition) is 1. The van der Waals surface area contributed by atoms with E-state index < -0.39 is 0 Å². The van der Waals surface area contributed by atoms with Crippen LogP contribution in [0.3, 0.4) is 0 Å². The Labute approximate surface area is 259 Å². The molecular weight excluding hydrogens is 522 g/mol. The molecule has 6 aliphatic carbocycles. The highest BCUT2D eigenvalue weighted by Crippen LogP contribution is 2.54. The Kier molecular flexibility index (Phi) is 6.78. The number of aliphatic imine (C=N–C) groups is 1. The van der Waals surface area contributed by atoms with E-state index in [9.17, 15) is 0 Å². The summed E-state index contributed by atoms with van der Waals surface area (Å²) in [7, 11) is 0. The van der Waals surface area contributed by atoms with E-state index in [2.05, 4.69) is 77.1 Å². The number of nitrogens with zero attached hydrogens (tertiary/aromatic N) is 2. The predicted molar refractivity (Wildman–Crippen MR) is 177 cm³/mol. The first-order valence-corrected chi connectivity index (χ1v) is 18.0. The Morgan fingerprint density at radius 1 is 0.860 bits per heavy atom. The van der Waals surface area contributed by atoms with Gasteiger partial charge in [0.2, 0.25) is 0 Å². The Bertz CT molecular complexity index is 1430. The Morgan fingerprint density at radius 2 is 1.81 bits per heavy atom. The lowest BCUT2D eigenvalue weighted by atomic mass is 9.67. The van der Waals surface area contributed by atoms with Crippen molar-refractivity contribution in [3.63, 3.8) is 0 Å². The minimum absolute atomic E-state index is 0.283. The molecule has 9 rings (SSSR count). The second-order valence-corrected chi connectivity index (χ2v) is 15.1. The van der Waals surface area contributed by atoms with Crippen molar-refractivity contribution >= 4 is 5.71 Å². The van der Waals surface area contributed by atoms with Gasteiger partial charge >= 0.3 is 0 Å². The maximum Gasteiger partial charge on any atom is 0.0701 e. The van der Waals surface area contributed by atoms with Gasteiger partial charge in [0.1, 0.15) is 0 Å². The molecule has 0 bridgehead atoms. The fourth-order valence-corrected chi connectivity index (χ4v) is 10.7. The van der Waals surface area contributed by atoms with Gasteiger partial charge in [0.25, 0.3) is 0 Å². The average molecular weight is 572 g/mol. The maximum absolute atomic E-state index is 5.54. The van der Waals surface area contributed by atoms with E-state index in [0.29, 0.717) is 30.0 Å². The largest absolute Gasteiger partial charge is 0.374 e. The summed E-state index contributed by atoms with van der Waals surface area (Å²) in [6.07, 6.45) is 45.3. The molecule has 0 aromatic carbocycles. The van der Waals surface area contributed by atoms with E-state index in [1.165, 1.54) is 105 Å². The second kappa shape index (κ2) is 11.0. The van der Waals surface area contributed by atoms with Crippen LogP contribution in [0.15, 0.2) is 99.9 Å². The van der Waals surface area contributed by atoms with Crippen LogP contribution in [0, 0.1) is 29.6 Å². The zero-order valence-corrected chi connectivity index (χ0v) is 25.8. The number of nitrogens with one attached hydrogen (secondary N) is 1. The molecule has 0 radical (unpaired) electrons. The highest BCUT2D eigenvalue weighted by atomic mass is 15.2. The standard InChI is InChI=1S/C40H49N3/c1-2-12-29-25-40-34(24-28(29)11-1)33-13-5-8-16-39(33)43(40)32-22-30(37-19-17-26-9-3-6-14-35(26)41-37)21-31(23-32)38-20-18-27-10-4-7-15-36(27)42-38/h3-4,6,9-10,14,17,19,22-23,25,27-28,31,33-36,39-41H,1-2,5,7-8,11-13,15-16,18,20-21,24H2. The summed E-state index contributed by atoms with van der Waals surface area (Å²) in [6, 6.07) is 2.08. The number of allylic oxidation sites excluding steroid dienone is 9. The molecule has 3 aliphatic heterocycles. The Morgan fingerprint density at radius 3 is 2.81 bits per heavy atom. The quantitative estimate of drug-likeness (QED) is 0.343. The molecule has 3 nitrogen and oxygen atoms in total. The summed E-state index contributed by atoms with van der Waals surface area (Å²) in [5.41, 5.74) is 9.00.